The number of nitrogens with one attached hydrogen (secondary N) is 1. The number of carbonyl (C=O) groups excluding carboxylic acids is 1. The van der Waals surface area contributed by atoms with Gasteiger partial charge in [-0.05, 0) is 47.2 Å². The van der Waals surface area contributed by atoms with Crippen molar-refractivity contribution in [2.24, 2.45) is 0 Å². The van der Waals surface area contributed by atoms with Crippen LogP contribution in [0, 0.1) is 0 Å². The highest BCUT2D eigenvalue weighted by atomic mass is 16.4. The van der Waals surface area contributed by atoms with Crippen LogP contribution >= 0.6 is 0 Å². The van der Waals surface area contributed by atoms with E-state index in [4.69, 9.17) is 4.42 Å². The highest BCUT2D eigenvalue weighted by Crippen LogP contribution is 2.25. The maximum absolute atomic E-state index is 12.5. The molecule has 0 radical (unpaired) electrons. The van der Waals surface area contributed by atoms with Crippen LogP contribution < -0.4 is 10.9 Å². The first-order valence-electron chi connectivity index (χ1n) is 7.68. The van der Waals surface area contributed by atoms with Crippen LogP contribution in [-0.4, -0.2) is 11.0 Å². The number of fused-ring (bicyclic) bond motifs is 3. The van der Waals surface area contributed by atoms with Crippen molar-refractivity contribution < 1.29 is 14.3 Å². The van der Waals surface area contributed by atoms with Gasteiger partial charge in [-0.15, -0.1) is 0 Å². The molecule has 4 aromatic rings. The number of hydrogen-bond donors (Lipinski definition) is 2. The van der Waals surface area contributed by atoms with E-state index >= 15 is 0 Å². The average molecular weight is 331 g/mol. The predicted octanol–water partition coefficient (Wildman–Crippen LogP) is 3.90. The molecule has 0 fully saturated rings. The summed E-state index contributed by atoms with van der Waals surface area (Å²) in [4.78, 5) is 24.7. The number of anilines is 1. The third kappa shape index (κ3) is 2.72. The van der Waals surface area contributed by atoms with Gasteiger partial charge in [0.15, 0.2) is 0 Å². The molecule has 0 saturated heterocycles. The first-order chi connectivity index (χ1) is 12.1. The first kappa shape index (κ1) is 15.0. The molecule has 4 rings (SSSR count). The summed E-state index contributed by atoms with van der Waals surface area (Å²) in [5.74, 6) is -0.469. The second kappa shape index (κ2) is 5.79. The van der Waals surface area contributed by atoms with Crippen molar-refractivity contribution in [1.29, 1.82) is 0 Å². The Kier molecular flexibility index (Phi) is 3.47. The third-order valence-electron chi connectivity index (χ3n) is 4.01. The van der Waals surface area contributed by atoms with E-state index in [2.05, 4.69) is 5.32 Å². The minimum atomic E-state index is -0.695. The quantitative estimate of drug-likeness (QED) is 0.332. The molecule has 5 heteroatoms. The Labute approximate surface area is 142 Å². The number of amides is 1. The van der Waals surface area contributed by atoms with Crippen LogP contribution in [0.2, 0.25) is 0 Å². The number of hydrogen-bond acceptors (Lipinski definition) is 4. The Balaban J connectivity index is 1.82. The van der Waals surface area contributed by atoms with E-state index in [0.29, 0.717) is 16.7 Å². The van der Waals surface area contributed by atoms with Gasteiger partial charge in [0.2, 0.25) is 0 Å². The summed E-state index contributed by atoms with van der Waals surface area (Å²) in [6, 6.07) is 18.8. The van der Waals surface area contributed by atoms with Crippen LogP contribution in [0.1, 0.15) is 10.4 Å². The van der Waals surface area contributed by atoms with Crippen LogP contribution in [0.25, 0.3) is 21.7 Å². The molecule has 0 aliphatic heterocycles. The fourth-order valence-corrected chi connectivity index (χ4v) is 2.77. The Bertz CT molecular complexity index is 1160. The van der Waals surface area contributed by atoms with E-state index in [1.165, 1.54) is 12.1 Å². The molecule has 25 heavy (non-hydrogen) atoms. The van der Waals surface area contributed by atoms with Gasteiger partial charge in [0.1, 0.15) is 16.9 Å². The predicted molar refractivity (Wildman–Crippen MR) is 96.1 cm³/mol. The van der Waals surface area contributed by atoms with Gasteiger partial charge in [-0.2, -0.15) is 0 Å². The average Bonchev–Trinajstić information content (AvgIpc) is 2.62. The molecule has 0 saturated carbocycles. The van der Waals surface area contributed by atoms with Crippen LogP contribution in [-0.2, 0) is 0 Å². The highest BCUT2D eigenvalue weighted by molar-refractivity contribution is 6.10. The van der Waals surface area contributed by atoms with E-state index in [1.54, 1.807) is 24.3 Å². The third-order valence-corrected chi connectivity index (χ3v) is 4.01. The van der Waals surface area contributed by atoms with E-state index in [9.17, 15) is 14.7 Å². The normalized spacial score (nSPS) is 10.9. The van der Waals surface area contributed by atoms with Crippen LogP contribution in [0.4, 0.5) is 5.69 Å². The van der Waals surface area contributed by atoms with Crippen LogP contribution in [0.15, 0.2) is 75.9 Å². The van der Waals surface area contributed by atoms with Crippen molar-refractivity contribution in [3.8, 4) is 5.75 Å². The fraction of sp³-hybridized carbons (Fsp3) is 0. The van der Waals surface area contributed by atoms with Gasteiger partial charge in [0.05, 0.1) is 0 Å². The summed E-state index contributed by atoms with van der Waals surface area (Å²) >= 11 is 0. The standard InChI is InChI=1S/C20H13NO4/c22-14-8-6-13(7-9-14)21-19(23)17-11-16-15-4-2-1-3-12(15)5-10-18(16)25-20(17)24/h1-11,22H,(H,21,23). The topological polar surface area (TPSA) is 79.5 Å². The lowest BCUT2D eigenvalue weighted by Gasteiger charge is -2.07. The Morgan fingerprint density at radius 2 is 1.68 bits per heavy atom. The van der Waals surface area contributed by atoms with Gasteiger partial charge in [0, 0.05) is 11.1 Å². The molecule has 0 aliphatic rings. The molecular weight excluding hydrogens is 318 g/mol. The van der Waals surface area contributed by atoms with Crippen molar-refractivity contribution >= 4 is 33.3 Å². The van der Waals surface area contributed by atoms with E-state index in [0.717, 1.165) is 10.8 Å². The number of phenolic OH excluding ortho intramolecular Hbond substituents is 1. The minimum absolute atomic E-state index is 0.0723. The number of rotatable bonds is 2. The minimum Gasteiger partial charge on any atom is -0.508 e. The smallest absolute Gasteiger partial charge is 0.349 e. The summed E-state index contributed by atoms with van der Waals surface area (Å²) in [5, 5.41) is 14.5. The molecule has 122 valence electrons. The van der Waals surface area contributed by atoms with Gasteiger partial charge in [-0.3, -0.25) is 4.79 Å². The Morgan fingerprint density at radius 1 is 0.920 bits per heavy atom. The van der Waals surface area contributed by atoms with Gasteiger partial charge in [-0.1, -0.05) is 30.3 Å². The van der Waals surface area contributed by atoms with Crippen molar-refractivity contribution in [3.05, 3.63) is 82.7 Å². The molecule has 2 N–H and O–H groups in total. The largest absolute Gasteiger partial charge is 0.508 e. The number of carbonyl (C=O) groups is 1. The maximum atomic E-state index is 12.5. The van der Waals surface area contributed by atoms with Gasteiger partial charge in [0.25, 0.3) is 5.91 Å². The van der Waals surface area contributed by atoms with Gasteiger partial charge >= 0.3 is 5.63 Å². The summed E-state index contributed by atoms with van der Waals surface area (Å²) in [6.45, 7) is 0. The molecule has 0 atom stereocenters. The molecule has 1 aromatic heterocycles. The van der Waals surface area contributed by atoms with Crippen molar-refractivity contribution in [2.75, 3.05) is 5.32 Å². The van der Waals surface area contributed by atoms with Crippen LogP contribution in [0.5, 0.6) is 5.75 Å². The molecule has 0 unspecified atom stereocenters. The molecule has 0 bridgehead atoms. The summed E-state index contributed by atoms with van der Waals surface area (Å²) in [7, 11) is 0. The zero-order chi connectivity index (χ0) is 17.4. The fourth-order valence-electron chi connectivity index (χ4n) is 2.77. The Hall–Kier alpha value is -3.60. The van der Waals surface area contributed by atoms with Gasteiger partial charge in [-0.25, -0.2) is 4.79 Å². The van der Waals surface area contributed by atoms with Crippen LogP contribution in [0.3, 0.4) is 0 Å². The van der Waals surface area contributed by atoms with E-state index in [1.807, 2.05) is 30.3 Å². The van der Waals surface area contributed by atoms with E-state index < -0.39 is 11.5 Å². The lowest BCUT2D eigenvalue weighted by atomic mass is 10.0. The van der Waals surface area contributed by atoms with Gasteiger partial charge < -0.3 is 14.8 Å². The SMILES string of the molecule is O=C(Nc1ccc(O)cc1)c1cc2c(ccc3ccccc32)oc1=O. The molecule has 1 amide bonds. The summed E-state index contributed by atoms with van der Waals surface area (Å²) < 4.78 is 5.32. The molecule has 0 spiro atoms. The first-order valence-corrected chi connectivity index (χ1v) is 7.68. The number of benzene rings is 3. The zero-order valence-corrected chi connectivity index (χ0v) is 13.0. The number of aromatic hydroxyl groups is 1. The molecule has 0 aliphatic carbocycles. The molecule has 3 aromatic carbocycles. The highest BCUT2D eigenvalue weighted by Gasteiger charge is 2.15. The maximum Gasteiger partial charge on any atom is 0.349 e. The number of phenols is 1. The lowest BCUT2D eigenvalue weighted by molar-refractivity contribution is 0.102. The monoisotopic (exact) mass is 331 g/mol. The summed E-state index contributed by atoms with van der Waals surface area (Å²) in [5.41, 5.74) is 0.140. The summed E-state index contributed by atoms with van der Waals surface area (Å²) in [6.07, 6.45) is 0. The van der Waals surface area contributed by atoms with Crippen molar-refractivity contribution in [1.82, 2.24) is 0 Å². The zero-order valence-electron chi connectivity index (χ0n) is 13.0. The molecular formula is C20H13NO4. The lowest BCUT2D eigenvalue weighted by Crippen LogP contribution is -2.20. The molecule has 5 nitrogen and oxygen atoms in total. The van der Waals surface area contributed by atoms with E-state index in [-0.39, 0.29) is 11.3 Å². The second-order valence-electron chi connectivity index (χ2n) is 5.65. The second-order valence-corrected chi connectivity index (χ2v) is 5.65. The Morgan fingerprint density at radius 3 is 2.48 bits per heavy atom. The molecule has 1 heterocycles. The van der Waals surface area contributed by atoms with Crippen molar-refractivity contribution in [2.45, 2.75) is 0 Å². The van der Waals surface area contributed by atoms with Crippen molar-refractivity contribution in [3.63, 3.8) is 0 Å².